The molecule has 18 heavy (non-hydrogen) atoms. The maximum atomic E-state index is 5.08. The topological polar surface area (TPSA) is 39.1 Å². The van der Waals surface area contributed by atoms with Crippen molar-refractivity contribution in [3.8, 4) is 0 Å². The summed E-state index contributed by atoms with van der Waals surface area (Å²) in [5.41, 5.74) is 2.20. The fraction of sp³-hybridized carbons (Fsp3) is 0.308. The molecule has 1 N–H and O–H groups in total. The van der Waals surface area contributed by atoms with Crippen LogP contribution in [-0.4, -0.2) is 23.3 Å². The fourth-order valence-corrected chi connectivity index (χ4v) is 2.03. The van der Waals surface area contributed by atoms with Crippen molar-refractivity contribution in [3.05, 3.63) is 40.6 Å². The number of benzene rings is 1. The first-order valence-corrected chi connectivity index (χ1v) is 6.54. The summed E-state index contributed by atoms with van der Waals surface area (Å²) >= 11 is 3.58. The molecule has 0 aliphatic heterocycles. The number of aromatic nitrogens is 2. The smallest absolute Gasteiger partial charge is 0.207 e. The molecule has 0 fully saturated rings. The third-order valence-electron chi connectivity index (χ3n) is 2.69. The van der Waals surface area contributed by atoms with Gasteiger partial charge in [0.2, 0.25) is 5.95 Å². The van der Waals surface area contributed by atoms with Crippen molar-refractivity contribution in [1.29, 1.82) is 0 Å². The van der Waals surface area contributed by atoms with Crippen LogP contribution in [-0.2, 0) is 11.3 Å². The Balaban J connectivity index is 2.18. The number of methoxy groups -OCH3 is 1. The van der Waals surface area contributed by atoms with E-state index in [-0.39, 0.29) is 0 Å². The van der Waals surface area contributed by atoms with Crippen LogP contribution in [0.5, 0.6) is 0 Å². The standard InChI is InChI=1S/C13H16BrN3O/c1-10-4-3-5-11(12(10)14)16-13-15-6-7-17(13)8-9-18-2/h3-7H,8-9H2,1-2H3,(H,15,16). The summed E-state index contributed by atoms with van der Waals surface area (Å²) in [7, 11) is 1.70. The molecule has 0 unspecified atom stereocenters. The normalized spacial score (nSPS) is 10.6. The molecule has 0 amide bonds. The van der Waals surface area contributed by atoms with Gasteiger partial charge in [-0.25, -0.2) is 4.98 Å². The number of hydrogen-bond donors (Lipinski definition) is 1. The Morgan fingerprint density at radius 3 is 3.06 bits per heavy atom. The molecule has 0 saturated heterocycles. The predicted molar refractivity (Wildman–Crippen MR) is 76.3 cm³/mol. The number of hydrogen-bond acceptors (Lipinski definition) is 3. The second-order valence-corrected chi connectivity index (χ2v) is 4.79. The van der Waals surface area contributed by atoms with Crippen molar-refractivity contribution in [2.24, 2.45) is 0 Å². The highest BCUT2D eigenvalue weighted by molar-refractivity contribution is 9.10. The lowest BCUT2D eigenvalue weighted by atomic mass is 10.2. The van der Waals surface area contributed by atoms with Crippen molar-refractivity contribution in [3.63, 3.8) is 0 Å². The molecule has 96 valence electrons. The van der Waals surface area contributed by atoms with Gasteiger partial charge in [0.15, 0.2) is 0 Å². The second kappa shape index (κ2) is 6.02. The SMILES string of the molecule is COCCn1ccnc1Nc1cccc(C)c1Br. The lowest BCUT2D eigenvalue weighted by molar-refractivity contribution is 0.188. The highest BCUT2D eigenvalue weighted by atomic mass is 79.9. The average molecular weight is 310 g/mol. The van der Waals surface area contributed by atoms with E-state index in [9.17, 15) is 0 Å². The van der Waals surface area contributed by atoms with E-state index in [2.05, 4.69) is 39.2 Å². The van der Waals surface area contributed by atoms with Crippen molar-refractivity contribution in [2.75, 3.05) is 19.0 Å². The predicted octanol–water partition coefficient (Wildman–Crippen LogP) is 3.34. The summed E-state index contributed by atoms with van der Waals surface area (Å²) in [4.78, 5) is 4.31. The number of ether oxygens (including phenoxy) is 1. The molecule has 5 heteroatoms. The molecule has 0 radical (unpaired) electrons. The minimum absolute atomic E-state index is 0.667. The molecule has 0 bridgehead atoms. The average Bonchev–Trinajstić information content (AvgIpc) is 2.80. The molecule has 1 aromatic heterocycles. The molecule has 0 spiro atoms. The van der Waals surface area contributed by atoms with E-state index in [1.807, 2.05) is 22.9 Å². The third kappa shape index (κ3) is 2.91. The molecule has 1 aromatic carbocycles. The maximum Gasteiger partial charge on any atom is 0.207 e. The quantitative estimate of drug-likeness (QED) is 0.920. The van der Waals surface area contributed by atoms with Gasteiger partial charge in [-0.05, 0) is 34.5 Å². The monoisotopic (exact) mass is 309 g/mol. The number of anilines is 2. The molecule has 2 aromatic rings. The van der Waals surface area contributed by atoms with Gasteiger partial charge >= 0.3 is 0 Å². The van der Waals surface area contributed by atoms with Crippen LogP contribution in [0, 0.1) is 6.92 Å². The molecule has 0 aliphatic rings. The van der Waals surface area contributed by atoms with Crippen LogP contribution >= 0.6 is 15.9 Å². The van der Waals surface area contributed by atoms with E-state index < -0.39 is 0 Å². The molecular weight excluding hydrogens is 294 g/mol. The van der Waals surface area contributed by atoms with Crippen LogP contribution in [0.15, 0.2) is 35.1 Å². The zero-order chi connectivity index (χ0) is 13.0. The summed E-state index contributed by atoms with van der Waals surface area (Å²) in [5, 5.41) is 3.32. The Labute approximate surface area is 115 Å². The molecule has 1 heterocycles. The minimum Gasteiger partial charge on any atom is -0.383 e. The summed E-state index contributed by atoms with van der Waals surface area (Å²) < 4.78 is 8.16. The zero-order valence-corrected chi connectivity index (χ0v) is 12.1. The van der Waals surface area contributed by atoms with Gasteiger partial charge in [0.05, 0.1) is 12.3 Å². The van der Waals surface area contributed by atoms with Gasteiger partial charge < -0.3 is 14.6 Å². The van der Waals surface area contributed by atoms with Crippen molar-refractivity contribution < 1.29 is 4.74 Å². The van der Waals surface area contributed by atoms with E-state index in [1.54, 1.807) is 13.3 Å². The summed E-state index contributed by atoms with van der Waals surface area (Å²) in [6.07, 6.45) is 3.72. The van der Waals surface area contributed by atoms with Gasteiger partial charge in [0, 0.05) is 30.5 Å². The first kappa shape index (κ1) is 13.1. The number of nitrogens with zero attached hydrogens (tertiary/aromatic N) is 2. The number of aryl methyl sites for hydroxylation is 1. The van der Waals surface area contributed by atoms with Gasteiger partial charge in [-0.3, -0.25) is 0 Å². The Kier molecular flexibility index (Phi) is 4.38. The van der Waals surface area contributed by atoms with Crippen LogP contribution in [0.2, 0.25) is 0 Å². The lowest BCUT2D eigenvalue weighted by Crippen LogP contribution is -2.07. The van der Waals surface area contributed by atoms with Crippen LogP contribution in [0.1, 0.15) is 5.56 Å². The van der Waals surface area contributed by atoms with Gasteiger partial charge in [0.25, 0.3) is 0 Å². The van der Waals surface area contributed by atoms with Crippen LogP contribution in [0.3, 0.4) is 0 Å². The Morgan fingerprint density at radius 1 is 1.44 bits per heavy atom. The van der Waals surface area contributed by atoms with Gasteiger partial charge in [-0.15, -0.1) is 0 Å². The molecule has 2 rings (SSSR count). The molecule has 0 aliphatic carbocycles. The maximum absolute atomic E-state index is 5.08. The first-order chi connectivity index (χ1) is 8.72. The van der Waals surface area contributed by atoms with E-state index in [4.69, 9.17) is 4.74 Å². The van der Waals surface area contributed by atoms with E-state index in [1.165, 1.54) is 5.56 Å². The van der Waals surface area contributed by atoms with Crippen LogP contribution < -0.4 is 5.32 Å². The van der Waals surface area contributed by atoms with Gasteiger partial charge in [-0.1, -0.05) is 12.1 Å². The second-order valence-electron chi connectivity index (χ2n) is 4.00. The summed E-state index contributed by atoms with van der Waals surface area (Å²) in [6, 6.07) is 6.10. The zero-order valence-electron chi connectivity index (χ0n) is 10.5. The van der Waals surface area contributed by atoms with Gasteiger partial charge in [0.1, 0.15) is 0 Å². The summed E-state index contributed by atoms with van der Waals surface area (Å²) in [5.74, 6) is 0.818. The number of nitrogens with one attached hydrogen (secondary N) is 1. The van der Waals surface area contributed by atoms with E-state index in [0.29, 0.717) is 6.61 Å². The minimum atomic E-state index is 0.667. The lowest BCUT2D eigenvalue weighted by Gasteiger charge is -2.11. The molecule has 0 atom stereocenters. The number of halogens is 1. The van der Waals surface area contributed by atoms with Crippen LogP contribution in [0.25, 0.3) is 0 Å². The number of rotatable bonds is 5. The highest BCUT2D eigenvalue weighted by Crippen LogP contribution is 2.28. The van der Waals surface area contributed by atoms with Gasteiger partial charge in [-0.2, -0.15) is 0 Å². The Hall–Kier alpha value is -1.33. The largest absolute Gasteiger partial charge is 0.383 e. The Bertz CT molecular complexity index is 525. The highest BCUT2D eigenvalue weighted by Gasteiger charge is 2.06. The fourth-order valence-electron chi connectivity index (χ4n) is 1.67. The van der Waals surface area contributed by atoms with Crippen molar-refractivity contribution >= 4 is 27.6 Å². The Morgan fingerprint density at radius 2 is 2.28 bits per heavy atom. The molecule has 0 saturated carbocycles. The van der Waals surface area contributed by atoms with E-state index in [0.717, 1.165) is 22.7 Å². The molecular formula is C13H16BrN3O. The van der Waals surface area contributed by atoms with Crippen molar-refractivity contribution in [1.82, 2.24) is 9.55 Å². The van der Waals surface area contributed by atoms with Crippen molar-refractivity contribution in [2.45, 2.75) is 13.5 Å². The number of imidazole rings is 1. The summed E-state index contributed by atoms with van der Waals surface area (Å²) in [6.45, 7) is 3.51. The first-order valence-electron chi connectivity index (χ1n) is 5.74. The third-order valence-corrected chi connectivity index (χ3v) is 3.74. The molecule has 4 nitrogen and oxygen atoms in total. The van der Waals surface area contributed by atoms with Crippen LogP contribution in [0.4, 0.5) is 11.6 Å². The van der Waals surface area contributed by atoms with E-state index >= 15 is 0 Å².